The second kappa shape index (κ2) is 17.8. The molecule has 46 heavy (non-hydrogen) atoms. The van der Waals surface area contributed by atoms with Crippen molar-refractivity contribution in [1.29, 1.82) is 0 Å². The largest absolute Gasteiger partial charge is 0.396 e. The standard InChI is InChI=1S/C33H57N9O4/c1-23(8-4-16-43)26-9-10-27-31-28(22-30(33(26,27)3)46-19-7-15-39-42-36)32(2)12-11-25(44-17-5-13-37-40-34)20-24(32)21-29(31)45-18-6-14-38-41-35/h23-31,43H,4-22H2,1-3H3. The molecule has 0 aromatic carbocycles. The molecule has 4 saturated carbocycles. The molecule has 0 amide bonds. The molecule has 0 aliphatic heterocycles. The number of fused-ring (bicyclic) bond motifs is 5. The van der Waals surface area contributed by atoms with Gasteiger partial charge in [-0.2, -0.15) is 0 Å². The lowest BCUT2D eigenvalue weighted by molar-refractivity contribution is -0.227. The summed E-state index contributed by atoms with van der Waals surface area (Å²) in [5, 5.41) is 20.8. The van der Waals surface area contributed by atoms with Crippen LogP contribution in [-0.4, -0.2) is 69.5 Å². The van der Waals surface area contributed by atoms with Gasteiger partial charge in [0.2, 0.25) is 0 Å². The van der Waals surface area contributed by atoms with Gasteiger partial charge in [0.15, 0.2) is 0 Å². The number of aliphatic hydroxyl groups excluding tert-OH is 1. The molecule has 4 aliphatic carbocycles. The van der Waals surface area contributed by atoms with Crippen LogP contribution in [0.15, 0.2) is 15.3 Å². The van der Waals surface area contributed by atoms with Gasteiger partial charge in [0.1, 0.15) is 0 Å². The van der Waals surface area contributed by atoms with Gasteiger partial charge in [0, 0.05) is 66.2 Å². The zero-order chi connectivity index (χ0) is 33.0. The number of rotatable bonds is 19. The van der Waals surface area contributed by atoms with Crippen molar-refractivity contribution in [3.63, 3.8) is 0 Å². The van der Waals surface area contributed by atoms with Crippen LogP contribution in [0.25, 0.3) is 31.3 Å². The molecule has 4 rings (SSSR count). The molecule has 0 bridgehead atoms. The Bertz CT molecular complexity index is 1110. The molecule has 258 valence electrons. The first kappa shape index (κ1) is 36.6. The van der Waals surface area contributed by atoms with Gasteiger partial charge in [0.25, 0.3) is 0 Å². The normalized spacial score (nSPS) is 37.0. The Morgan fingerprint density at radius 1 is 0.783 bits per heavy atom. The molecule has 0 heterocycles. The first-order valence-corrected chi connectivity index (χ1v) is 17.8. The van der Waals surface area contributed by atoms with Crippen LogP contribution >= 0.6 is 0 Å². The number of nitrogens with zero attached hydrogens (tertiary/aromatic N) is 9. The number of hydrogen-bond acceptors (Lipinski definition) is 7. The van der Waals surface area contributed by atoms with Gasteiger partial charge in [-0.05, 0) is 135 Å². The van der Waals surface area contributed by atoms with Crippen molar-refractivity contribution in [1.82, 2.24) is 0 Å². The molecule has 11 unspecified atom stereocenters. The van der Waals surface area contributed by atoms with Gasteiger partial charge in [0.05, 0.1) is 18.3 Å². The van der Waals surface area contributed by atoms with Crippen molar-refractivity contribution >= 4 is 0 Å². The molecule has 13 nitrogen and oxygen atoms in total. The zero-order valence-corrected chi connectivity index (χ0v) is 28.3. The summed E-state index contributed by atoms with van der Waals surface area (Å²) < 4.78 is 20.1. The summed E-state index contributed by atoms with van der Waals surface area (Å²) in [7, 11) is 0. The number of ether oxygens (including phenoxy) is 3. The molecule has 4 fully saturated rings. The maximum absolute atomic E-state index is 9.63. The predicted octanol–water partition coefficient (Wildman–Crippen LogP) is 8.53. The van der Waals surface area contributed by atoms with Crippen LogP contribution in [0.1, 0.15) is 97.8 Å². The van der Waals surface area contributed by atoms with Gasteiger partial charge in [-0.15, -0.1) is 0 Å². The Labute approximate surface area is 274 Å². The van der Waals surface area contributed by atoms with Crippen LogP contribution in [0, 0.1) is 46.3 Å². The van der Waals surface area contributed by atoms with Crippen molar-refractivity contribution < 1.29 is 19.3 Å². The summed E-state index contributed by atoms with van der Waals surface area (Å²) in [5.74, 6) is 2.86. The lowest BCUT2D eigenvalue weighted by atomic mass is 9.43. The van der Waals surface area contributed by atoms with Gasteiger partial charge in [-0.1, -0.05) is 36.1 Å². The van der Waals surface area contributed by atoms with E-state index >= 15 is 0 Å². The van der Waals surface area contributed by atoms with Crippen LogP contribution in [-0.2, 0) is 14.2 Å². The van der Waals surface area contributed by atoms with Gasteiger partial charge >= 0.3 is 0 Å². The lowest BCUT2D eigenvalue weighted by Gasteiger charge is -2.65. The fourth-order valence-corrected chi connectivity index (χ4v) is 10.5. The summed E-state index contributed by atoms with van der Waals surface area (Å²) in [6.45, 7) is 10.8. The van der Waals surface area contributed by atoms with E-state index in [1.807, 2.05) is 0 Å². The first-order valence-electron chi connectivity index (χ1n) is 17.8. The quantitative estimate of drug-likeness (QED) is 0.0637. The fourth-order valence-electron chi connectivity index (χ4n) is 10.5. The third kappa shape index (κ3) is 8.24. The van der Waals surface area contributed by atoms with E-state index in [1.54, 1.807) is 0 Å². The monoisotopic (exact) mass is 643 g/mol. The van der Waals surface area contributed by atoms with E-state index in [0.717, 1.165) is 64.2 Å². The minimum atomic E-state index is -0.00331. The topological polar surface area (TPSA) is 194 Å². The second-order valence-electron chi connectivity index (χ2n) is 14.8. The molecule has 1 N–H and O–H groups in total. The molecular weight excluding hydrogens is 586 g/mol. The molecule has 0 radical (unpaired) electrons. The number of aliphatic hydroxyl groups is 1. The minimum Gasteiger partial charge on any atom is -0.396 e. The van der Waals surface area contributed by atoms with Crippen molar-refractivity contribution in [3.8, 4) is 0 Å². The zero-order valence-electron chi connectivity index (χ0n) is 28.3. The second-order valence-corrected chi connectivity index (χ2v) is 14.8. The molecule has 0 spiro atoms. The van der Waals surface area contributed by atoms with Crippen LogP contribution in [0.4, 0.5) is 0 Å². The van der Waals surface area contributed by atoms with E-state index in [9.17, 15) is 5.11 Å². The third-order valence-electron chi connectivity index (χ3n) is 12.7. The van der Waals surface area contributed by atoms with Crippen LogP contribution in [0.5, 0.6) is 0 Å². The molecule has 0 saturated heterocycles. The fraction of sp³-hybridized carbons (Fsp3) is 1.00. The Morgan fingerprint density at radius 2 is 1.41 bits per heavy atom. The third-order valence-corrected chi connectivity index (χ3v) is 12.7. The Morgan fingerprint density at radius 3 is 2.04 bits per heavy atom. The van der Waals surface area contributed by atoms with E-state index in [4.69, 9.17) is 30.8 Å². The Kier molecular flexibility index (Phi) is 14.2. The van der Waals surface area contributed by atoms with Crippen LogP contribution in [0.3, 0.4) is 0 Å². The number of hydrogen-bond donors (Lipinski definition) is 1. The van der Waals surface area contributed by atoms with E-state index in [2.05, 4.69) is 50.8 Å². The average Bonchev–Trinajstić information content (AvgIpc) is 3.41. The average molecular weight is 644 g/mol. The summed E-state index contributed by atoms with van der Waals surface area (Å²) >= 11 is 0. The summed E-state index contributed by atoms with van der Waals surface area (Å²) in [6, 6.07) is 0. The summed E-state index contributed by atoms with van der Waals surface area (Å²) in [4.78, 5) is 8.71. The summed E-state index contributed by atoms with van der Waals surface area (Å²) in [6.07, 6.45) is 12.0. The minimum absolute atomic E-state index is 0.00331. The molecular formula is C33H57N9O4. The van der Waals surface area contributed by atoms with E-state index in [0.29, 0.717) is 75.0 Å². The Balaban J connectivity index is 1.61. The molecule has 11 atom stereocenters. The Hall–Kier alpha value is -2.23. The SMILES string of the molecule is CC(CCCO)C1CCC2C3C(OCCCN=[N+]=[N-])CC4CC(OCCCN=[N+]=[N-])CCC4(C)C3CC(OCCCN=[N+]=[N-])C12C. The lowest BCUT2D eigenvalue weighted by Crippen LogP contribution is -2.63. The van der Waals surface area contributed by atoms with E-state index < -0.39 is 0 Å². The van der Waals surface area contributed by atoms with Crippen LogP contribution < -0.4 is 0 Å². The van der Waals surface area contributed by atoms with Crippen molar-refractivity contribution in [2.75, 3.05) is 46.1 Å². The number of azide groups is 3. The molecule has 13 heteroatoms. The summed E-state index contributed by atoms with van der Waals surface area (Å²) in [5.41, 5.74) is 26.3. The van der Waals surface area contributed by atoms with E-state index in [1.165, 1.54) is 12.8 Å². The first-order chi connectivity index (χ1) is 22.3. The van der Waals surface area contributed by atoms with Crippen LogP contribution in [0.2, 0.25) is 0 Å². The molecule has 4 aliphatic rings. The highest BCUT2D eigenvalue weighted by atomic mass is 16.5. The van der Waals surface area contributed by atoms with Gasteiger partial charge in [-0.25, -0.2) is 0 Å². The van der Waals surface area contributed by atoms with Gasteiger partial charge in [-0.3, -0.25) is 0 Å². The molecule has 0 aromatic rings. The smallest absolute Gasteiger partial charge is 0.0637 e. The molecule has 0 aromatic heterocycles. The highest BCUT2D eigenvalue weighted by molar-refractivity contribution is 5.15. The van der Waals surface area contributed by atoms with Gasteiger partial charge < -0.3 is 19.3 Å². The highest BCUT2D eigenvalue weighted by Gasteiger charge is 2.66. The van der Waals surface area contributed by atoms with Crippen molar-refractivity contribution in [2.45, 2.75) is 116 Å². The van der Waals surface area contributed by atoms with E-state index in [-0.39, 0.29) is 35.7 Å². The maximum Gasteiger partial charge on any atom is 0.0637 e. The predicted molar refractivity (Wildman–Crippen MR) is 177 cm³/mol. The van der Waals surface area contributed by atoms with Crippen molar-refractivity contribution in [3.05, 3.63) is 31.3 Å². The highest BCUT2D eigenvalue weighted by Crippen LogP contribution is 2.69. The van der Waals surface area contributed by atoms with Crippen molar-refractivity contribution in [2.24, 2.45) is 61.7 Å². The maximum atomic E-state index is 9.63.